The Labute approximate surface area is 143 Å². The molecule has 0 saturated carbocycles. The molecule has 3 rings (SSSR count). The van der Waals surface area contributed by atoms with Gasteiger partial charge < -0.3 is 10.5 Å². The highest BCUT2D eigenvalue weighted by molar-refractivity contribution is 6.33. The Balaban J connectivity index is 2.09. The second-order valence-electron chi connectivity index (χ2n) is 5.57. The number of hydrogen-bond acceptors (Lipinski definition) is 4. The molecule has 1 aliphatic carbocycles. The number of carbonyl (C=O) groups is 2. The van der Waals surface area contributed by atoms with Crippen LogP contribution in [0.1, 0.15) is 12.8 Å². The highest BCUT2D eigenvalue weighted by atomic mass is 35.5. The summed E-state index contributed by atoms with van der Waals surface area (Å²) >= 11 is 5.93. The normalized spacial score (nSPS) is 22.5. The molecule has 0 spiro atoms. The van der Waals surface area contributed by atoms with Crippen molar-refractivity contribution in [3.05, 3.63) is 29.1 Å². The first-order valence-electron chi connectivity index (χ1n) is 7.35. The van der Waals surface area contributed by atoms with E-state index in [1.165, 1.54) is 0 Å². The Hall–Kier alpha value is -2.52. The first-order valence-corrected chi connectivity index (χ1v) is 7.73. The number of amides is 2. The van der Waals surface area contributed by atoms with E-state index < -0.39 is 29.5 Å². The fourth-order valence-corrected chi connectivity index (χ4v) is 3.36. The molecule has 0 aromatic heterocycles. The molecule has 0 bridgehead atoms. The van der Waals surface area contributed by atoms with Crippen LogP contribution in [0.5, 0.6) is 5.75 Å². The van der Waals surface area contributed by atoms with Crippen LogP contribution in [-0.2, 0) is 9.59 Å². The van der Waals surface area contributed by atoms with E-state index >= 15 is 0 Å². The zero-order valence-corrected chi connectivity index (χ0v) is 13.3. The van der Waals surface area contributed by atoms with E-state index in [2.05, 4.69) is 5.92 Å². The van der Waals surface area contributed by atoms with Gasteiger partial charge in [-0.15, -0.1) is 6.42 Å². The molecule has 1 saturated heterocycles. The number of rotatable bonds is 3. The molecule has 24 heavy (non-hydrogen) atoms. The van der Waals surface area contributed by atoms with E-state index in [0.29, 0.717) is 12.8 Å². The smallest absolute Gasteiger partial charge is 0.241 e. The summed E-state index contributed by atoms with van der Waals surface area (Å²) in [5, 5.41) is -0.0830. The lowest BCUT2D eigenvalue weighted by Gasteiger charge is -2.20. The monoisotopic (exact) mass is 348 g/mol. The van der Waals surface area contributed by atoms with Crippen molar-refractivity contribution in [1.29, 1.82) is 0 Å². The van der Waals surface area contributed by atoms with Crippen molar-refractivity contribution in [2.24, 2.45) is 11.8 Å². The maximum absolute atomic E-state index is 14.5. The summed E-state index contributed by atoms with van der Waals surface area (Å²) in [7, 11) is 0. The van der Waals surface area contributed by atoms with Crippen LogP contribution in [-0.4, -0.2) is 18.4 Å². The molecule has 7 heteroatoms. The number of carbonyl (C=O) groups excluding carboxylic acids is 2. The minimum Gasteiger partial charge on any atom is -0.477 e. The van der Waals surface area contributed by atoms with Crippen molar-refractivity contribution in [2.45, 2.75) is 12.8 Å². The summed E-state index contributed by atoms with van der Waals surface area (Å²) in [6.07, 6.45) is 9.90. The van der Waals surface area contributed by atoms with Crippen LogP contribution in [0, 0.1) is 30.0 Å². The zero-order chi connectivity index (χ0) is 17.4. The predicted octanol–water partition coefficient (Wildman–Crippen LogP) is 2.53. The van der Waals surface area contributed by atoms with E-state index in [9.17, 15) is 14.0 Å². The molecule has 2 aliphatic rings. The van der Waals surface area contributed by atoms with Gasteiger partial charge in [-0.25, -0.2) is 9.29 Å². The van der Waals surface area contributed by atoms with Gasteiger partial charge in [0.05, 0.1) is 16.9 Å². The lowest BCUT2D eigenvalue weighted by atomic mass is 9.86. The highest BCUT2D eigenvalue weighted by Gasteiger charge is 2.49. The van der Waals surface area contributed by atoms with E-state index in [4.69, 9.17) is 28.5 Å². The predicted molar refractivity (Wildman–Crippen MR) is 88.0 cm³/mol. The third-order valence-corrected chi connectivity index (χ3v) is 4.46. The first kappa shape index (κ1) is 16.3. The second kappa shape index (κ2) is 6.17. The van der Waals surface area contributed by atoms with Gasteiger partial charge in [-0.2, -0.15) is 0 Å². The summed E-state index contributed by atoms with van der Waals surface area (Å²) in [6, 6.07) is 0.956. The molecule has 124 valence electrons. The van der Waals surface area contributed by atoms with Crippen molar-refractivity contribution >= 4 is 34.8 Å². The molecular weight excluding hydrogens is 335 g/mol. The summed E-state index contributed by atoms with van der Waals surface area (Å²) in [5.74, 6) is -0.716. The largest absolute Gasteiger partial charge is 0.477 e. The molecule has 1 aromatic carbocycles. The lowest BCUT2D eigenvalue weighted by Crippen LogP contribution is -2.32. The van der Waals surface area contributed by atoms with Crippen molar-refractivity contribution < 1.29 is 18.7 Å². The third-order valence-electron chi connectivity index (χ3n) is 4.18. The number of nitrogens with zero attached hydrogens (tertiary/aromatic N) is 1. The van der Waals surface area contributed by atoms with Crippen LogP contribution in [0.2, 0.25) is 5.02 Å². The maximum atomic E-state index is 14.5. The molecule has 5 nitrogen and oxygen atoms in total. The minimum absolute atomic E-state index is 0.0444. The van der Waals surface area contributed by atoms with Gasteiger partial charge in [0.25, 0.3) is 0 Å². The van der Waals surface area contributed by atoms with Gasteiger partial charge in [0.15, 0.2) is 11.6 Å². The molecule has 0 radical (unpaired) electrons. The van der Waals surface area contributed by atoms with Crippen LogP contribution < -0.4 is 15.4 Å². The van der Waals surface area contributed by atoms with Crippen molar-refractivity contribution in [3.63, 3.8) is 0 Å². The summed E-state index contributed by atoms with van der Waals surface area (Å²) in [6.45, 7) is -0.134. The average Bonchev–Trinajstić information content (AvgIpc) is 2.80. The Bertz CT molecular complexity index is 800. The van der Waals surface area contributed by atoms with Crippen molar-refractivity contribution in [3.8, 4) is 18.1 Å². The number of imide groups is 1. The number of fused-ring (bicyclic) bond motifs is 1. The Kier molecular flexibility index (Phi) is 4.20. The molecule has 2 unspecified atom stereocenters. The topological polar surface area (TPSA) is 72.6 Å². The second-order valence-corrected chi connectivity index (χ2v) is 5.98. The molecule has 2 amide bonds. The molecule has 2 N–H and O–H groups in total. The van der Waals surface area contributed by atoms with Crippen LogP contribution in [0.3, 0.4) is 0 Å². The average molecular weight is 349 g/mol. The van der Waals surface area contributed by atoms with E-state index in [1.807, 2.05) is 6.08 Å². The van der Waals surface area contributed by atoms with Gasteiger partial charge in [0.2, 0.25) is 11.8 Å². The van der Waals surface area contributed by atoms with Gasteiger partial charge in [-0.1, -0.05) is 29.7 Å². The zero-order valence-electron chi connectivity index (χ0n) is 12.6. The summed E-state index contributed by atoms with van der Waals surface area (Å²) in [5.41, 5.74) is 5.39. The maximum Gasteiger partial charge on any atom is 0.241 e. The van der Waals surface area contributed by atoms with Crippen molar-refractivity contribution in [1.82, 2.24) is 0 Å². The number of nitrogen functional groups attached to an aromatic ring is 1. The van der Waals surface area contributed by atoms with Crippen LogP contribution in [0.15, 0.2) is 18.2 Å². The van der Waals surface area contributed by atoms with Crippen LogP contribution in [0.4, 0.5) is 15.8 Å². The number of benzene rings is 1. The number of ether oxygens (including phenoxy) is 1. The van der Waals surface area contributed by atoms with Gasteiger partial charge >= 0.3 is 0 Å². The highest BCUT2D eigenvalue weighted by Crippen LogP contribution is 2.45. The SMILES string of the molecule is C#CCOc1c(Cl)cc(F)c(N2C(=O)C3C=CCCC3C2=O)c1N. The lowest BCUT2D eigenvalue weighted by molar-refractivity contribution is -0.122. The number of allylic oxidation sites excluding steroid dienone is 1. The van der Waals surface area contributed by atoms with Gasteiger partial charge in [0.1, 0.15) is 18.0 Å². The van der Waals surface area contributed by atoms with E-state index in [1.54, 1.807) is 6.08 Å². The number of terminal acetylenes is 1. The standard InChI is InChI=1S/C17H14ClFN2O3/c1-2-7-24-15-11(18)8-12(19)14(13(15)20)21-16(22)9-5-3-4-6-10(9)17(21)23/h1,3,5,8-10H,4,6-7,20H2. The molecule has 1 fully saturated rings. The van der Waals surface area contributed by atoms with Crippen LogP contribution >= 0.6 is 11.6 Å². The van der Waals surface area contributed by atoms with Gasteiger partial charge in [0, 0.05) is 0 Å². The Morgan fingerprint density at radius 2 is 2.21 bits per heavy atom. The molecule has 1 aliphatic heterocycles. The van der Waals surface area contributed by atoms with E-state index in [-0.39, 0.29) is 28.8 Å². The Morgan fingerprint density at radius 1 is 1.46 bits per heavy atom. The molecule has 2 atom stereocenters. The van der Waals surface area contributed by atoms with Crippen molar-refractivity contribution in [2.75, 3.05) is 17.2 Å². The fraction of sp³-hybridized carbons (Fsp3) is 0.294. The number of hydrogen-bond donors (Lipinski definition) is 1. The van der Waals surface area contributed by atoms with Crippen LogP contribution in [0.25, 0.3) is 0 Å². The van der Waals surface area contributed by atoms with Gasteiger partial charge in [-0.05, 0) is 18.9 Å². The molecule has 1 heterocycles. The number of nitrogens with two attached hydrogens (primary N) is 1. The van der Waals surface area contributed by atoms with Gasteiger partial charge in [-0.3, -0.25) is 9.59 Å². The summed E-state index contributed by atoms with van der Waals surface area (Å²) in [4.78, 5) is 26.0. The minimum atomic E-state index is -0.866. The Morgan fingerprint density at radius 3 is 2.88 bits per heavy atom. The fourth-order valence-electron chi connectivity index (χ4n) is 3.11. The molecular formula is C17H14ClFN2O3. The first-order chi connectivity index (χ1) is 11.5. The molecule has 1 aromatic rings. The third kappa shape index (κ3) is 2.42. The number of halogens is 2. The number of anilines is 2. The quantitative estimate of drug-likeness (QED) is 0.394. The summed E-state index contributed by atoms with van der Waals surface area (Å²) < 4.78 is 19.7. The van der Waals surface area contributed by atoms with E-state index in [0.717, 1.165) is 11.0 Å².